The zero-order valence-corrected chi connectivity index (χ0v) is 11.3. The van der Waals surface area contributed by atoms with Crippen LogP contribution in [0.3, 0.4) is 0 Å². The van der Waals surface area contributed by atoms with Gasteiger partial charge in [0, 0.05) is 0 Å². The normalized spacial score (nSPS) is 19.0. The van der Waals surface area contributed by atoms with E-state index in [-0.39, 0.29) is 11.9 Å². The fourth-order valence-corrected chi connectivity index (χ4v) is 2.18. The van der Waals surface area contributed by atoms with Crippen LogP contribution < -0.4 is 4.74 Å². The molecule has 1 unspecified atom stereocenters. The van der Waals surface area contributed by atoms with Crippen molar-refractivity contribution in [1.82, 2.24) is 0 Å². The number of ether oxygens (including phenoxy) is 2. The average Bonchev–Trinajstić information content (AvgIpc) is 3.02. The van der Waals surface area contributed by atoms with Crippen molar-refractivity contribution in [2.24, 2.45) is 0 Å². The summed E-state index contributed by atoms with van der Waals surface area (Å²) in [5.41, 5.74) is 0.933. The summed E-state index contributed by atoms with van der Waals surface area (Å²) >= 11 is 6.59. The molecule has 1 N–H and O–H groups in total. The topological polar surface area (TPSA) is 42.0 Å². The van der Waals surface area contributed by atoms with E-state index in [0.29, 0.717) is 21.3 Å². The molecule has 1 aromatic rings. The summed E-state index contributed by atoms with van der Waals surface area (Å²) in [6.45, 7) is 3.19. The first-order valence-corrected chi connectivity index (χ1v) is 6.10. The molecule has 0 aliphatic carbocycles. The highest BCUT2D eigenvalue weighted by atomic mass is 79.9. The molecule has 1 aliphatic heterocycles. The summed E-state index contributed by atoms with van der Waals surface area (Å²) in [7, 11) is 0. The van der Waals surface area contributed by atoms with E-state index < -0.39 is 0 Å². The van der Waals surface area contributed by atoms with Gasteiger partial charge in [0.25, 0.3) is 0 Å². The maximum atomic E-state index is 9.74. The lowest BCUT2D eigenvalue weighted by atomic mass is 10.2. The van der Waals surface area contributed by atoms with Crippen LogP contribution in [0.1, 0.15) is 5.56 Å². The zero-order valence-electron chi connectivity index (χ0n) is 8.09. The molecular formula is C10H10Br2O3. The van der Waals surface area contributed by atoms with Crippen LogP contribution >= 0.6 is 31.9 Å². The molecule has 0 spiro atoms. The first kappa shape index (κ1) is 11.2. The highest BCUT2D eigenvalue weighted by Gasteiger charge is 2.24. The van der Waals surface area contributed by atoms with Crippen molar-refractivity contribution in [2.45, 2.75) is 13.0 Å². The Morgan fingerprint density at radius 1 is 1.53 bits per heavy atom. The summed E-state index contributed by atoms with van der Waals surface area (Å²) in [5.74, 6) is 0.811. The molecule has 1 fully saturated rings. The Hall–Kier alpha value is -0.260. The second-order valence-electron chi connectivity index (χ2n) is 3.43. The van der Waals surface area contributed by atoms with Crippen molar-refractivity contribution in [2.75, 3.05) is 13.2 Å². The summed E-state index contributed by atoms with van der Waals surface area (Å²) in [6.07, 6.45) is 0.211. The minimum atomic E-state index is 0.168. The third-order valence-electron chi connectivity index (χ3n) is 2.15. The van der Waals surface area contributed by atoms with Gasteiger partial charge in [0.1, 0.15) is 28.7 Å². The molecule has 15 heavy (non-hydrogen) atoms. The Morgan fingerprint density at radius 2 is 2.20 bits per heavy atom. The van der Waals surface area contributed by atoms with Gasteiger partial charge in [-0.1, -0.05) is 0 Å². The molecule has 1 saturated heterocycles. The lowest BCUT2D eigenvalue weighted by molar-refractivity contribution is 0.260. The number of aryl methyl sites for hydroxylation is 1. The third-order valence-corrected chi connectivity index (χ3v) is 3.92. The van der Waals surface area contributed by atoms with E-state index in [1.54, 1.807) is 0 Å². The Labute approximate surface area is 105 Å². The molecule has 0 saturated carbocycles. The fraction of sp³-hybridized carbons (Fsp3) is 0.400. The Balaban J connectivity index is 2.21. The largest absolute Gasteiger partial charge is 0.505 e. The molecule has 0 aromatic heterocycles. The number of epoxide rings is 1. The Kier molecular flexibility index (Phi) is 3.23. The average molecular weight is 338 g/mol. The fourth-order valence-electron chi connectivity index (χ4n) is 1.18. The smallest absolute Gasteiger partial charge is 0.147 e. The van der Waals surface area contributed by atoms with Gasteiger partial charge >= 0.3 is 0 Å². The number of aromatic hydroxyl groups is 1. The van der Waals surface area contributed by atoms with E-state index in [4.69, 9.17) is 9.47 Å². The van der Waals surface area contributed by atoms with E-state index in [2.05, 4.69) is 31.9 Å². The molecular weight excluding hydrogens is 328 g/mol. The monoisotopic (exact) mass is 336 g/mol. The lowest BCUT2D eigenvalue weighted by Gasteiger charge is -2.11. The lowest BCUT2D eigenvalue weighted by Crippen LogP contribution is -2.04. The summed E-state index contributed by atoms with van der Waals surface area (Å²) in [5, 5.41) is 9.74. The summed E-state index contributed by atoms with van der Waals surface area (Å²) < 4.78 is 11.8. The van der Waals surface area contributed by atoms with E-state index in [1.165, 1.54) is 0 Å². The van der Waals surface area contributed by atoms with Crippen LogP contribution in [0, 0.1) is 6.92 Å². The molecule has 1 heterocycles. The number of halogens is 2. The van der Waals surface area contributed by atoms with Crippen LogP contribution in [0.15, 0.2) is 15.0 Å². The molecule has 5 heteroatoms. The van der Waals surface area contributed by atoms with Gasteiger partial charge in [0.05, 0.1) is 11.1 Å². The number of hydrogen-bond acceptors (Lipinski definition) is 3. The number of rotatable bonds is 3. The molecule has 1 aliphatic rings. The van der Waals surface area contributed by atoms with Crippen molar-refractivity contribution in [1.29, 1.82) is 0 Å². The molecule has 82 valence electrons. The predicted octanol–water partition coefficient (Wildman–Crippen LogP) is 3.00. The van der Waals surface area contributed by atoms with Crippen molar-refractivity contribution in [3.05, 3.63) is 20.6 Å². The maximum absolute atomic E-state index is 9.74. The minimum absolute atomic E-state index is 0.168. The van der Waals surface area contributed by atoms with E-state index in [9.17, 15) is 5.11 Å². The molecule has 0 radical (unpaired) electrons. The van der Waals surface area contributed by atoms with Crippen LogP contribution in [0.25, 0.3) is 0 Å². The predicted molar refractivity (Wildman–Crippen MR) is 63.5 cm³/mol. The van der Waals surface area contributed by atoms with E-state index in [1.807, 2.05) is 13.0 Å². The van der Waals surface area contributed by atoms with Crippen LogP contribution in [0.5, 0.6) is 11.5 Å². The van der Waals surface area contributed by atoms with Crippen molar-refractivity contribution in [3.8, 4) is 11.5 Å². The number of phenolic OH excluding ortho intramolecular Hbond substituents is 1. The van der Waals surface area contributed by atoms with Gasteiger partial charge in [0.2, 0.25) is 0 Å². The first-order valence-electron chi connectivity index (χ1n) is 4.51. The highest BCUT2D eigenvalue weighted by Crippen LogP contribution is 2.41. The van der Waals surface area contributed by atoms with E-state index >= 15 is 0 Å². The van der Waals surface area contributed by atoms with Gasteiger partial charge in [-0.2, -0.15) is 0 Å². The Bertz CT molecular complexity index is 389. The van der Waals surface area contributed by atoms with E-state index in [0.717, 1.165) is 12.2 Å². The van der Waals surface area contributed by atoms with Crippen molar-refractivity contribution >= 4 is 31.9 Å². The highest BCUT2D eigenvalue weighted by molar-refractivity contribution is 9.11. The van der Waals surface area contributed by atoms with Crippen molar-refractivity contribution < 1.29 is 14.6 Å². The molecule has 1 atom stereocenters. The minimum Gasteiger partial charge on any atom is -0.505 e. The Morgan fingerprint density at radius 3 is 2.80 bits per heavy atom. The molecule has 3 nitrogen and oxygen atoms in total. The van der Waals surface area contributed by atoms with Gasteiger partial charge in [-0.3, -0.25) is 0 Å². The second kappa shape index (κ2) is 4.31. The SMILES string of the molecule is Cc1cc(OCC2CO2)c(Br)c(O)c1Br. The quantitative estimate of drug-likeness (QED) is 0.862. The number of hydrogen-bond donors (Lipinski definition) is 1. The van der Waals surface area contributed by atoms with Gasteiger partial charge < -0.3 is 14.6 Å². The van der Waals surface area contributed by atoms with Crippen LogP contribution in [-0.4, -0.2) is 24.4 Å². The van der Waals surface area contributed by atoms with Crippen molar-refractivity contribution in [3.63, 3.8) is 0 Å². The molecule has 0 bridgehead atoms. The zero-order chi connectivity index (χ0) is 11.0. The van der Waals surface area contributed by atoms with Crippen LogP contribution in [0.2, 0.25) is 0 Å². The molecule has 2 rings (SSSR count). The van der Waals surface area contributed by atoms with Crippen LogP contribution in [-0.2, 0) is 4.74 Å². The third kappa shape index (κ3) is 2.46. The first-order chi connectivity index (χ1) is 7.09. The summed E-state index contributed by atoms with van der Waals surface area (Å²) in [6, 6.07) is 1.87. The van der Waals surface area contributed by atoms with Gasteiger partial charge in [0.15, 0.2) is 0 Å². The number of benzene rings is 1. The van der Waals surface area contributed by atoms with Crippen LogP contribution in [0.4, 0.5) is 0 Å². The van der Waals surface area contributed by atoms with Gasteiger partial charge in [-0.25, -0.2) is 0 Å². The summed E-state index contributed by atoms with van der Waals surface area (Å²) in [4.78, 5) is 0. The number of phenols is 1. The molecule has 1 aromatic carbocycles. The standard InChI is InChI=1S/C10H10Br2O3/c1-5-2-7(15-4-6-3-14-6)9(12)10(13)8(5)11/h2,6,13H,3-4H2,1H3. The van der Waals surface area contributed by atoms with Gasteiger partial charge in [-0.15, -0.1) is 0 Å². The van der Waals surface area contributed by atoms with Gasteiger partial charge in [-0.05, 0) is 50.4 Å². The second-order valence-corrected chi connectivity index (χ2v) is 5.02. The molecule has 0 amide bonds. The maximum Gasteiger partial charge on any atom is 0.147 e.